The van der Waals surface area contributed by atoms with Crippen molar-refractivity contribution in [2.75, 3.05) is 13.2 Å². The zero-order valence-electron chi connectivity index (χ0n) is 13.8. The van der Waals surface area contributed by atoms with Gasteiger partial charge in [-0.05, 0) is 29.0 Å². The van der Waals surface area contributed by atoms with Gasteiger partial charge in [0.15, 0.2) is 0 Å². The van der Waals surface area contributed by atoms with Gasteiger partial charge in [0.05, 0.1) is 12.6 Å². The van der Waals surface area contributed by atoms with E-state index in [0.29, 0.717) is 13.2 Å². The third-order valence-electron chi connectivity index (χ3n) is 3.39. The molecule has 1 rings (SSSR count). The van der Waals surface area contributed by atoms with Gasteiger partial charge in [0.1, 0.15) is 12.4 Å². The van der Waals surface area contributed by atoms with Crippen LogP contribution in [0, 0.1) is 5.92 Å². The Morgan fingerprint density at radius 3 is 2.57 bits per heavy atom. The van der Waals surface area contributed by atoms with Crippen LogP contribution < -0.4 is 15.8 Å². The molecule has 0 aromatic heterocycles. The second kappa shape index (κ2) is 7.46. The van der Waals surface area contributed by atoms with Gasteiger partial charge in [0.25, 0.3) is 0 Å². The van der Waals surface area contributed by atoms with E-state index < -0.39 is 6.04 Å². The lowest BCUT2D eigenvalue weighted by Crippen LogP contribution is -2.45. The van der Waals surface area contributed by atoms with Crippen LogP contribution in [0.4, 0.5) is 0 Å². The molecule has 0 aliphatic rings. The summed E-state index contributed by atoms with van der Waals surface area (Å²) in [5.74, 6) is 0.830. The topological polar surface area (TPSA) is 64.4 Å². The smallest absolute Gasteiger partial charge is 0.237 e. The molecule has 4 heteroatoms. The Bertz CT molecular complexity index is 464. The largest absolute Gasteiger partial charge is 0.492 e. The predicted molar refractivity (Wildman–Crippen MR) is 86.5 cm³/mol. The molecule has 0 aliphatic carbocycles. The van der Waals surface area contributed by atoms with Gasteiger partial charge in [-0.25, -0.2) is 0 Å². The minimum Gasteiger partial charge on any atom is -0.492 e. The molecule has 0 fully saturated rings. The van der Waals surface area contributed by atoms with Gasteiger partial charge in [-0.15, -0.1) is 0 Å². The number of carbonyl (C=O) groups excluding carboxylic acids is 1. The Morgan fingerprint density at radius 1 is 1.33 bits per heavy atom. The fourth-order valence-corrected chi connectivity index (χ4v) is 1.82. The molecule has 1 aromatic carbocycles. The van der Waals surface area contributed by atoms with Crippen LogP contribution in [-0.4, -0.2) is 25.1 Å². The molecular weight excluding hydrogens is 264 g/mol. The van der Waals surface area contributed by atoms with E-state index >= 15 is 0 Å². The first kappa shape index (κ1) is 17.5. The van der Waals surface area contributed by atoms with Crippen molar-refractivity contribution in [2.45, 2.75) is 46.1 Å². The molecule has 0 spiro atoms. The summed E-state index contributed by atoms with van der Waals surface area (Å²) in [4.78, 5) is 11.7. The quantitative estimate of drug-likeness (QED) is 0.792. The lowest BCUT2D eigenvalue weighted by molar-refractivity contribution is -0.123. The normalized spacial score (nSPS) is 13.1. The highest BCUT2D eigenvalue weighted by Crippen LogP contribution is 2.25. The highest BCUT2D eigenvalue weighted by atomic mass is 16.5. The summed E-state index contributed by atoms with van der Waals surface area (Å²) in [5.41, 5.74) is 7.09. The van der Waals surface area contributed by atoms with Gasteiger partial charge >= 0.3 is 0 Å². The summed E-state index contributed by atoms with van der Waals surface area (Å²) in [7, 11) is 0. The van der Waals surface area contributed by atoms with Crippen molar-refractivity contribution in [2.24, 2.45) is 11.7 Å². The molecule has 3 N–H and O–H groups in total. The van der Waals surface area contributed by atoms with Gasteiger partial charge in [-0.2, -0.15) is 0 Å². The fourth-order valence-electron chi connectivity index (χ4n) is 1.82. The Balaban J connectivity index is 2.42. The van der Waals surface area contributed by atoms with Crippen LogP contribution in [0.2, 0.25) is 0 Å². The highest BCUT2D eigenvalue weighted by molar-refractivity contribution is 5.81. The van der Waals surface area contributed by atoms with Crippen LogP contribution >= 0.6 is 0 Å². The van der Waals surface area contributed by atoms with E-state index in [1.54, 1.807) is 0 Å². The molecule has 4 nitrogen and oxygen atoms in total. The van der Waals surface area contributed by atoms with E-state index in [1.165, 1.54) is 5.56 Å². The average Bonchev–Trinajstić information content (AvgIpc) is 2.41. The van der Waals surface area contributed by atoms with Crippen molar-refractivity contribution in [1.29, 1.82) is 0 Å². The Labute approximate surface area is 128 Å². The number of nitrogens with one attached hydrogen (secondary N) is 1. The maximum Gasteiger partial charge on any atom is 0.237 e. The molecule has 1 amide bonds. The molecule has 0 aliphatic heterocycles. The number of benzene rings is 1. The van der Waals surface area contributed by atoms with E-state index in [-0.39, 0.29) is 17.2 Å². The molecule has 118 valence electrons. The van der Waals surface area contributed by atoms with Gasteiger partial charge in [-0.1, -0.05) is 46.8 Å². The maximum absolute atomic E-state index is 11.7. The van der Waals surface area contributed by atoms with Crippen molar-refractivity contribution in [3.05, 3.63) is 29.8 Å². The summed E-state index contributed by atoms with van der Waals surface area (Å²) in [6, 6.07) is 7.59. The van der Waals surface area contributed by atoms with Crippen molar-refractivity contribution in [3.63, 3.8) is 0 Å². The van der Waals surface area contributed by atoms with E-state index in [2.05, 4.69) is 32.2 Å². The number of rotatable bonds is 6. The molecule has 0 saturated carbocycles. The summed E-state index contributed by atoms with van der Waals surface area (Å²) in [6.07, 6.45) is 0. The summed E-state index contributed by atoms with van der Waals surface area (Å²) in [5, 5.41) is 2.79. The van der Waals surface area contributed by atoms with Crippen molar-refractivity contribution < 1.29 is 9.53 Å². The summed E-state index contributed by atoms with van der Waals surface area (Å²) in [6.45, 7) is 11.2. The first-order chi connectivity index (χ1) is 9.71. The average molecular weight is 292 g/mol. The minimum absolute atomic E-state index is 0.0949. The molecule has 0 heterocycles. The first-order valence-electron chi connectivity index (χ1n) is 7.48. The number of amides is 1. The molecule has 0 saturated heterocycles. The molecule has 0 radical (unpaired) electrons. The molecule has 0 bridgehead atoms. The second-order valence-corrected chi connectivity index (χ2v) is 6.69. The van der Waals surface area contributed by atoms with Crippen LogP contribution in [0.3, 0.4) is 0 Å². The zero-order chi connectivity index (χ0) is 16.0. The fraction of sp³-hybridized carbons (Fsp3) is 0.588. The monoisotopic (exact) mass is 292 g/mol. The number of hydrogen-bond donors (Lipinski definition) is 2. The van der Waals surface area contributed by atoms with Crippen molar-refractivity contribution in [3.8, 4) is 5.75 Å². The van der Waals surface area contributed by atoms with Crippen LogP contribution in [0.1, 0.15) is 40.2 Å². The van der Waals surface area contributed by atoms with E-state index in [9.17, 15) is 4.79 Å². The van der Waals surface area contributed by atoms with Gasteiger partial charge < -0.3 is 15.8 Å². The number of nitrogens with two attached hydrogens (primary N) is 1. The third-order valence-corrected chi connectivity index (χ3v) is 3.39. The number of ether oxygens (including phenoxy) is 1. The van der Waals surface area contributed by atoms with Crippen molar-refractivity contribution >= 4 is 5.91 Å². The molecule has 1 aromatic rings. The van der Waals surface area contributed by atoms with Gasteiger partial charge in [0.2, 0.25) is 5.91 Å². The predicted octanol–water partition coefficient (Wildman–Crippen LogP) is 2.46. The Kier molecular flexibility index (Phi) is 6.21. The third kappa shape index (κ3) is 5.76. The second-order valence-electron chi connectivity index (χ2n) is 6.69. The van der Waals surface area contributed by atoms with E-state index in [4.69, 9.17) is 10.5 Å². The van der Waals surface area contributed by atoms with E-state index in [1.807, 2.05) is 32.0 Å². The first-order valence-corrected chi connectivity index (χ1v) is 7.48. The zero-order valence-corrected chi connectivity index (χ0v) is 13.8. The van der Waals surface area contributed by atoms with Crippen molar-refractivity contribution in [1.82, 2.24) is 5.32 Å². The van der Waals surface area contributed by atoms with Crippen LogP contribution in [0.15, 0.2) is 24.3 Å². The van der Waals surface area contributed by atoms with E-state index in [0.717, 1.165) is 5.75 Å². The van der Waals surface area contributed by atoms with Gasteiger partial charge in [-0.3, -0.25) is 4.79 Å². The molecular formula is C17H28N2O2. The SMILES string of the molecule is CC(C)[C@H](N)C(=O)NCCOc1cccc(C(C)(C)C)c1. The summed E-state index contributed by atoms with van der Waals surface area (Å²) < 4.78 is 5.68. The maximum atomic E-state index is 11.7. The standard InChI is InChI=1S/C17H28N2O2/c1-12(2)15(18)16(20)19-9-10-21-14-8-6-7-13(11-14)17(3,4)5/h6-8,11-12,15H,9-10,18H2,1-5H3,(H,19,20)/t15-/m0/s1. The Hall–Kier alpha value is -1.55. The Morgan fingerprint density at radius 2 is 2.00 bits per heavy atom. The van der Waals surface area contributed by atoms with Crippen LogP contribution in [0.5, 0.6) is 5.75 Å². The van der Waals surface area contributed by atoms with Gasteiger partial charge in [0, 0.05) is 0 Å². The molecule has 0 unspecified atom stereocenters. The lowest BCUT2D eigenvalue weighted by atomic mass is 9.87. The minimum atomic E-state index is -0.464. The van der Waals surface area contributed by atoms with Crippen LogP contribution in [-0.2, 0) is 10.2 Å². The summed E-state index contributed by atoms with van der Waals surface area (Å²) >= 11 is 0. The number of carbonyl (C=O) groups is 1. The lowest BCUT2D eigenvalue weighted by Gasteiger charge is -2.20. The molecule has 1 atom stereocenters. The van der Waals surface area contributed by atoms with Crippen LogP contribution in [0.25, 0.3) is 0 Å². The number of hydrogen-bond acceptors (Lipinski definition) is 3. The highest BCUT2D eigenvalue weighted by Gasteiger charge is 2.16. The molecule has 21 heavy (non-hydrogen) atoms.